The molecule has 22 heavy (non-hydrogen) atoms. The van der Waals surface area contributed by atoms with Gasteiger partial charge in [-0.3, -0.25) is 4.79 Å². The highest BCUT2D eigenvalue weighted by Crippen LogP contribution is 2.21. The van der Waals surface area contributed by atoms with Crippen molar-refractivity contribution in [3.8, 4) is 0 Å². The number of nitrogens with one attached hydrogen (secondary N) is 2. The normalized spacial score (nSPS) is 12.5. The van der Waals surface area contributed by atoms with Gasteiger partial charge in [-0.25, -0.2) is 4.98 Å². The molecule has 0 fully saturated rings. The Kier molecular flexibility index (Phi) is 3.86. The maximum Gasteiger partial charge on any atom is 0.242 e. The number of rotatable bonds is 5. The number of aromatic nitrogens is 4. The Bertz CT molecular complexity index is 812. The number of likely N-dealkylation sites (N-methyl/N-ethyl adjacent to an activating group) is 1. The first-order valence-corrected chi connectivity index (χ1v) is 7.32. The maximum absolute atomic E-state index is 12.0. The van der Waals surface area contributed by atoms with Gasteiger partial charge in [0.15, 0.2) is 0 Å². The third-order valence-corrected chi connectivity index (χ3v) is 3.60. The molecule has 3 rings (SSSR count). The van der Waals surface area contributed by atoms with E-state index in [0.717, 1.165) is 22.8 Å². The molecule has 114 valence electrons. The molecular weight excluding hydrogens is 280 g/mol. The van der Waals surface area contributed by atoms with Gasteiger partial charge in [0.2, 0.25) is 11.9 Å². The van der Waals surface area contributed by atoms with E-state index in [1.54, 1.807) is 17.8 Å². The van der Waals surface area contributed by atoms with Gasteiger partial charge in [-0.1, -0.05) is 36.8 Å². The predicted octanol–water partition coefficient (Wildman–Crippen LogP) is 1.60. The molecule has 0 radical (unpaired) electrons. The number of hydrogen-bond acceptors (Lipinski definition) is 5. The lowest BCUT2D eigenvalue weighted by Gasteiger charge is -2.17. The van der Waals surface area contributed by atoms with Crippen molar-refractivity contribution in [1.29, 1.82) is 0 Å². The van der Waals surface area contributed by atoms with Crippen molar-refractivity contribution >= 4 is 28.3 Å². The lowest BCUT2D eigenvalue weighted by molar-refractivity contribution is -0.121. The molecule has 0 saturated carbocycles. The number of amides is 1. The molecule has 1 atom stereocenters. The number of benzene rings is 1. The van der Waals surface area contributed by atoms with Crippen LogP contribution in [-0.4, -0.2) is 38.8 Å². The molecule has 7 nitrogen and oxygen atoms in total. The van der Waals surface area contributed by atoms with E-state index in [9.17, 15) is 4.79 Å². The minimum absolute atomic E-state index is 0.0647. The first-order chi connectivity index (χ1) is 10.7. The van der Waals surface area contributed by atoms with Crippen molar-refractivity contribution in [3.63, 3.8) is 0 Å². The van der Waals surface area contributed by atoms with Crippen LogP contribution in [0.4, 0.5) is 5.95 Å². The van der Waals surface area contributed by atoms with Crippen LogP contribution >= 0.6 is 0 Å². The molecule has 7 heteroatoms. The first-order valence-electron chi connectivity index (χ1n) is 7.32. The Morgan fingerprint density at radius 3 is 2.95 bits per heavy atom. The minimum atomic E-state index is -0.351. The Morgan fingerprint density at radius 2 is 2.18 bits per heavy atom. The molecule has 2 aromatic heterocycles. The van der Waals surface area contributed by atoms with Gasteiger partial charge in [-0.2, -0.15) is 4.52 Å². The van der Waals surface area contributed by atoms with Crippen LogP contribution in [0.3, 0.4) is 0 Å². The molecule has 0 unspecified atom stereocenters. The van der Waals surface area contributed by atoms with E-state index in [1.165, 1.54) is 0 Å². The number of anilines is 1. The quantitative estimate of drug-likeness (QED) is 0.747. The molecule has 0 aliphatic carbocycles. The predicted molar refractivity (Wildman–Crippen MR) is 84.7 cm³/mol. The SMILES string of the molecule is CCC[C@@H](Nc1nc2ccccc2c2cnnn12)C(=O)NC. The maximum atomic E-state index is 12.0. The monoisotopic (exact) mass is 298 g/mol. The fourth-order valence-electron chi connectivity index (χ4n) is 2.51. The topological polar surface area (TPSA) is 84.2 Å². The van der Waals surface area contributed by atoms with Crippen molar-refractivity contribution in [2.24, 2.45) is 0 Å². The Labute approximate surface area is 127 Å². The summed E-state index contributed by atoms with van der Waals surface area (Å²) in [6, 6.07) is 7.45. The number of carbonyl (C=O) groups is 1. The second-order valence-corrected chi connectivity index (χ2v) is 5.08. The largest absolute Gasteiger partial charge is 0.357 e. The van der Waals surface area contributed by atoms with E-state index in [0.29, 0.717) is 12.4 Å². The van der Waals surface area contributed by atoms with Crippen LogP contribution in [0, 0.1) is 0 Å². The summed E-state index contributed by atoms with van der Waals surface area (Å²) in [5.74, 6) is 0.457. The van der Waals surface area contributed by atoms with E-state index < -0.39 is 0 Å². The van der Waals surface area contributed by atoms with Crippen LogP contribution in [0.1, 0.15) is 19.8 Å². The Hall–Kier alpha value is -2.70. The Morgan fingerprint density at radius 1 is 1.36 bits per heavy atom. The summed E-state index contributed by atoms with van der Waals surface area (Å²) in [6.45, 7) is 2.04. The molecule has 0 saturated heterocycles. The van der Waals surface area contributed by atoms with Gasteiger partial charge in [0.05, 0.1) is 17.2 Å². The summed E-state index contributed by atoms with van der Waals surface area (Å²) in [7, 11) is 1.63. The summed E-state index contributed by atoms with van der Waals surface area (Å²) in [6.07, 6.45) is 3.30. The molecule has 2 N–H and O–H groups in total. The standard InChI is InChI=1S/C15H18N6O/c1-3-6-12(14(22)16-2)19-15-18-11-8-5-4-7-10(11)13-9-17-20-21(13)15/h4-5,7-9,12H,3,6H2,1-2H3,(H,16,22)(H,18,19)/t12-/m1/s1. The highest BCUT2D eigenvalue weighted by atomic mass is 16.2. The smallest absolute Gasteiger partial charge is 0.242 e. The summed E-state index contributed by atoms with van der Waals surface area (Å²) in [4.78, 5) is 16.6. The molecular formula is C15H18N6O. The number of carbonyl (C=O) groups excluding carboxylic acids is 1. The lowest BCUT2D eigenvalue weighted by atomic mass is 10.1. The molecule has 0 bridgehead atoms. The van der Waals surface area contributed by atoms with E-state index in [4.69, 9.17) is 0 Å². The molecule has 0 aliphatic heterocycles. The summed E-state index contributed by atoms with van der Waals surface area (Å²) in [5, 5.41) is 14.9. The minimum Gasteiger partial charge on any atom is -0.357 e. The van der Waals surface area contributed by atoms with Gasteiger partial charge in [0, 0.05) is 12.4 Å². The molecule has 0 spiro atoms. The fourth-order valence-corrected chi connectivity index (χ4v) is 2.51. The number of fused-ring (bicyclic) bond motifs is 3. The van der Waals surface area contributed by atoms with Gasteiger partial charge < -0.3 is 10.6 Å². The summed E-state index contributed by atoms with van der Waals surface area (Å²) >= 11 is 0. The highest BCUT2D eigenvalue weighted by Gasteiger charge is 2.19. The van der Waals surface area contributed by atoms with Crippen LogP contribution in [0.25, 0.3) is 16.4 Å². The van der Waals surface area contributed by atoms with Crippen molar-refractivity contribution in [3.05, 3.63) is 30.5 Å². The van der Waals surface area contributed by atoms with E-state index in [-0.39, 0.29) is 11.9 Å². The van der Waals surface area contributed by atoms with E-state index in [2.05, 4.69) is 25.9 Å². The van der Waals surface area contributed by atoms with Crippen molar-refractivity contribution < 1.29 is 4.79 Å². The third-order valence-electron chi connectivity index (χ3n) is 3.60. The van der Waals surface area contributed by atoms with E-state index in [1.807, 2.05) is 31.2 Å². The molecule has 2 heterocycles. The van der Waals surface area contributed by atoms with Gasteiger partial charge >= 0.3 is 0 Å². The zero-order chi connectivity index (χ0) is 15.5. The average Bonchev–Trinajstić information content (AvgIpc) is 3.04. The van der Waals surface area contributed by atoms with Crippen LogP contribution < -0.4 is 10.6 Å². The number of para-hydroxylation sites is 1. The molecule has 3 aromatic rings. The van der Waals surface area contributed by atoms with Crippen molar-refractivity contribution in [2.75, 3.05) is 12.4 Å². The highest BCUT2D eigenvalue weighted by molar-refractivity contribution is 5.94. The van der Waals surface area contributed by atoms with Gasteiger partial charge in [0.1, 0.15) is 6.04 Å². The van der Waals surface area contributed by atoms with Crippen LogP contribution in [0.15, 0.2) is 30.5 Å². The number of nitrogens with zero attached hydrogens (tertiary/aromatic N) is 4. The van der Waals surface area contributed by atoms with Gasteiger partial charge in [-0.15, -0.1) is 5.10 Å². The zero-order valence-corrected chi connectivity index (χ0v) is 12.6. The first kappa shape index (κ1) is 14.2. The van der Waals surface area contributed by atoms with Crippen LogP contribution in [0.2, 0.25) is 0 Å². The lowest BCUT2D eigenvalue weighted by Crippen LogP contribution is -2.38. The van der Waals surface area contributed by atoms with Crippen LogP contribution in [-0.2, 0) is 4.79 Å². The summed E-state index contributed by atoms with van der Waals surface area (Å²) < 4.78 is 1.63. The fraction of sp³-hybridized carbons (Fsp3) is 0.333. The average molecular weight is 298 g/mol. The molecule has 0 aliphatic rings. The van der Waals surface area contributed by atoms with Crippen molar-refractivity contribution in [1.82, 2.24) is 25.1 Å². The molecule has 1 aromatic carbocycles. The van der Waals surface area contributed by atoms with Gasteiger partial charge in [0.25, 0.3) is 0 Å². The van der Waals surface area contributed by atoms with Gasteiger partial charge in [-0.05, 0) is 12.5 Å². The molecule has 1 amide bonds. The van der Waals surface area contributed by atoms with Crippen molar-refractivity contribution in [2.45, 2.75) is 25.8 Å². The second kappa shape index (κ2) is 5.97. The number of hydrogen-bond donors (Lipinski definition) is 2. The Balaban J connectivity index is 2.08. The second-order valence-electron chi connectivity index (χ2n) is 5.08. The van der Waals surface area contributed by atoms with Crippen LogP contribution in [0.5, 0.6) is 0 Å². The van der Waals surface area contributed by atoms with E-state index >= 15 is 0 Å². The summed E-state index contributed by atoms with van der Waals surface area (Å²) in [5.41, 5.74) is 1.70. The third kappa shape index (κ3) is 2.45. The zero-order valence-electron chi connectivity index (χ0n) is 12.6.